The van der Waals surface area contributed by atoms with Crippen LogP contribution >= 0.6 is 0 Å². The summed E-state index contributed by atoms with van der Waals surface area (Å²) in [5.41, 5.74) is 0. The molecule has 2 atom stereocenters. The molecule has 1 aliphatic rings. The molecule has 0 heterocycles. The quantitative estimate of drug-likeness (QED) is 0.767. The molecule has 1 aliphatic carbocycles. The average molecular weight is 227 g/mol. The Morgan fingerprint density at radius 1 is 1.25 bits per heavy atom. The molecule has 2 N–H and O–H groups in total. The number of carbonyl (C=O) groups is 2. The Hall–Kier alpha value is -1.06. The molecule has 1 saturated carbocycles. The van der Waals surface area contributed by atoms with Crippen molar-refractivity contribution in [3.63, 3.8) is 0 Å². The minimum absolute atomic E-state index is 0.0826. The lowest BCUT2D eigenvalue weighted by Gasteiger charge is -2.27. The van der Waals surface area contributed by atoms with Gasteiger partial charge in [0.15, 0.2) is 0 Å². The van der Waals surface area contributed by atoms with E-state index in [-0.39, 0.29) is 11.8 Å². The Labute approximate surface area is 96.4 Å². The van der Waals surface area contributed by atoms with E-state index in [1.165, 1.54) is 0 Å². The Bertz CT molecular complexity index is 263. The predicted molar refractivity (Wildman–Crippen MR) is 60.9 cm³/mol. The van der Waals surface area contributed by atoms with Gasteiger partial charge in [0.05, 0.1) is 11.8 Å². The number of amides is 1. The highest BCUT2D eigenvalue weighted by Gasteiger charge is 2.35. The van der Waals surface area contributed by atoms with E-state index in [9.17, 15) is 9.59 Å². The Morgan fingerprint density at radius 2 is 1.81 bits per heavy atom. The molecule has 4 heteroatoms. The third-order valence-corrected chi connectivity index (χ3v) is 3.10. The molecule has 1 amide bonds. The highest BCUT2D eigenvalue weighted by molar-refractivity contribution is 5.84. The van der Waals surface area contributed by atoms with Gasteiger partial charge in [0.1, 0.15) is 0 Å². The van der Waals surface area contributed by atoms with Gasteiger partial charge in [-0.1, -0.05) is 26.7 Å². The lowest BCUT2D eigenvalue weighted by Crippen LogP contribution is -2.40. The summed E-state index contributed by atoms with van der Waals surface area (Å²) in [4.78, 5) is 22.9. The third-order valence-electron chi connectivity index (χ3n) is 3.10. The van der Waals surface area contributed by atoms with Crippen molar-refractivity contribution in [3.8, 4) is 0 Å². The molecule has 0 aliphatic heterocycles. The van der Waals surface area contributed by atoms with Gasteiger partial charge >= 0.3 is 5.97 Å². The molecule has 0 aromatic heterocycles. The van der Waals surface area contributed by atoms with Gasteiger partial charge in [-0.25, -0.2) is 0 Å². The first kappa shape index (κ1) is 13.0. The van der Waals surface area contributed by atoms with Crippen molar-refractivity contribution >= 4 is 11.9 Å². The van der Waals surface area contributed by atoms with E-state index in [4.69, 9.17) is 5.11 Å². The molecule has 16 heavy (non-hydrogen) atoms. The molecule has 0 spiro atoms. The number of aliphatic carboxylic acids is 1. The first-order valence-electron chi connectivity index (χ1n) is 6.03. The Morgan fingerprint density at radius 3 is 2.31 bits per heavy atom. The van der Waals surface area contributed by atoms with Crippen LogP contribution in [-0.4, -0.2) is 23.5 Å². The summed E-state index contributed by atoms with van der Waals surface area (Å²) >= 11 is 0. The molecule has 0 unspecified atom stereocenters. The van der Waals surface area contributed by atoms with Crippen LogP contribution in [0.3, 0.4) is 0 Å². The first-order valence-corrected chi connectivity index (χ1v) is 6.03. The summed E-state index contributed by atoms with van der Waals surface area (Å²) in [6.07, 6.45) is 3.23. The maximum atomic E-state index is 11.8. The Kier molecular flexibility index (Phi) is 4.77. The monoisotopic (exact) mass is 227 g/mol. The van der Waals surface area contributed by atoms with Crippen molar-refractivity contribution in [2.24, 2.45) is 17.8 Å². The van der Waals surface area contributed by atoms with E-state index in [0.29, 0.717) is 25.3 Å². The van der Waals surface area contributed by atoms with Crippen molar-refractivity contribution < 1.29 is 14.7 Å². The molecule has 92 valence electrons. The van der Waals surface area contributed by atoms with Crippen LogP contribution in [0, 0.1) is 17.8 Å². The fraction of sp³-hybridized carbons (Fsp3) is 0.833. The van der Waals surface area contributed by atoms with Gasteiger partial charge in [-0.05, 0) is 18.8 Å². The molecule has 0 bridgehead atoms. The van der Waals surface area contributed by atoms with E-state index in [0.717, 1.165) is 12.8 Å². The second-order valence-electron chi connectivity index (χ2n) is 4.97. The van der Waals surface area contributed by atoms with Crippen LogP contribution in [0.15, 0.2) is 0 Å². The number of carboxylic acid groups (broad SMARTS) is 1. The number of rotatable bonds is 4. The van der Waals surface area contributed by atoms with Crippen LogP contribution < -0.4 is 5.32 Å². The van der Waals surface area contributed by atoms with Crippen LogP contribution in [0.2, 0.25) is 0 Å². The largest absolute Gasteiger partial charge is 0.481 e. The van der Waals surface area contributed by atoms with Gasteiger partial charge < -0.3 is 10.4 Å². The summed E-state index contributed by atoms with van der Waals surface area (Å²) in [5.74, 6) is -1.33. The third kappa shape index (κ3) is 3.51. The summed E-state index contributed by atoms with van der Waals surface area (Å²) in [7, 11) is 0. The normalized spacial score (nSPS) is 25.4. The minimum Gasteiger partial charge on any atom is -0.481 e. The molecular formula is C12H21NO3. The molecule has 0 aromatic carbocycles. The van der Waals surface area contributed by atoms with Crippen molar-refractivity contribution in [3.05, 3.63) is 0 Å². The van der Waals surface area contributed by atoms with E-state index in [2.05, 4.69) is 5.32 Å². The van der Waals surface area contributed by atoms with Crippen molar-refractivity contribution in [1.82, 2.24) is 5.32 Å². The van der Waals surface area contributed by atoms with Crippen molar-refractivity contribution in [2.75, 3.05) is 6.54 Å². The van der Waals surface area contributed by atoms with Gasteiger partial charge in [0, 0.05) is 6.54 Å². The van der Waals surface area contributed by atoms with Gasteiger partial charge in [-0.3, -0.25) is 9.59 Å². The zero-order valence-corrected chi connectivity index (χ0v) is 10.0. The van der Waals surface area contributed by atoms with E-state index < -0.39 is 11.9 Å². The zero-order valence-electron chi connectivity index (χ0n) is 10.0. The second kappa shape index (κ2) is 5.87. The number of carboxylic acids is 1. The topological polar surface area (TPSA) is 66.4 Å². The summed E-state index contributed by atoms with van der Waals surface area (Å²) in [6, 6.07) is 0. The first-order chi connectivity index (χ1) is 7.52. The maximum Gasteiger partial charge on any atom is 0.307 e. The molecular weight excluding hydrogens is 206 g/mol. The van der Waals surface area contributed by atoms with Gasteiger partial charge in [0.25, 0.3) is 0 Å². The summed E-state index contributed by atoms with van der Waals surface area (Å²) in [5, 5.41) is 11.9. The number of carbonyl (C=O) groups excluding carboxylic acids is 1. The molecule has 4 nitrogen and oxygen atoms in total. The van der Waals surface area contributed by atoms with E-state index in [1.54, 1.807) is 0 Å². The fourth-order valence-electron chi connectivity index (χ4n) is 2.18. The summed E-state index contributed by atoms with van der Waals surface area (Å²) in [6.45, 7) is 4.67. The SMILES string of the molecule is CC(C)CNC(=O)[C@@H]1CCCC[C@H]1C(=O)O. The highest BCUT2D eigenvalue weighted by atomic mass is 16.4. The highest BCUT2D eigenvalue weighted by Crippen LogP contribution is 2.30. The molecule has 0 saturated heterocycles. The van der Waals surface area contributed by atoms with E-state index in [1.807, 2.05) is 13.8 Å². The van der Waals surface area contributed by atoms with Crippen LogP contribution in [-0.2, 0) is 9.59 Å². The van der Waals surface area contributed by atoms with Crippen LogP contribution in [0.5, 0.6) is 0 Å². The fourth-order valence-corrected chi connectivity index (χ4v) is 2.18. The Balaban J connectivity index is 2.54. The standard InChI is InChI=1S/C12H21NO3/c1-8(2)7-13-11(14)9-5-3-4-6-10(9)12(15)16/h8-10H,3-7H2,1-2H3,(H,13,14)(H,15,16)/t9-,10-/m1/s1. The average Bonchev–Trinajstić information content (AvgIpc) is 2.25. The van der Waals surface area contributed by atoms with Crippen molar-refractivity contribution in [1.29, 1.82) is 0 Å². The molecule has 0 radical (unpaired) electrons. The lowest BCUT2D eigenvalue weighted by atomic mass is 9.78. The lowest BCUT2D eigenvalue weighted by molar-refractivity contribution is -0.148. The predicted octanol–water partition coefficient (Wildman–Crippen LogP) is 1.65. The number of hydrogen-bond acceptors (Lipinski definition) is 2. The van der Waals surface area contributed by atoms with Crippen LogP contribution in [0.1, 0.15) is 39.5 Å². The van der Waals surface area contributed by atoms with Gasteiger partial charge in [0.2, 0.25) is 5.91 Å². The van der Waals surface area contributed by atoms with Crippen LogP contribution in [0.25, 0.3) is 0 Å². The van der Waals surface area contributed by atoms with Gasteiger partial charge in [-0.2, -0.15) is 0 Å². The molecule has 1 fully saturated rings. The zero-order chi connectivity index (χ0) is 12.1. The maximum absolute atomic E-state index is 11.8. The van der Waals surface area contributed by atoms with E-state index >= 15 is 0 Å². The van der Waals surface area contributed by atoms with Crippen molar-refractivity contribution in [2.45, 2.75) is 39.5 Å². The van der Waals surface area contributed by atoms with Gasteiger partial charge in [-0.15, -0.1) is 0 Å². The number of nitrogens with one attached hydrogen (secondary N) is 1. The smallest absolute Gasteiger partial charge is 0.307 e. The molecule has 0 aromatic rings. The minimum atomic E-state index is -0.829. The second-order valence-corrected chi connectivity index (χ2v) is 4.97. The molecule has 1 rings (SSSR count). The number of hydrogen-bond donors (Lipinski definition) is 2. The van der Waals surface area contributed by atoms with Crippen LogP contribution in [0.4, 0.5) is 0 Å². The summed E-state index contributed by atoms with van der Waals surface area (Å²) < 4.78 is 0.